The van der Waals surface area contributed by atoms with Gasteiger partial charge in [-0.2, -0.15) is 29.5 Å². The molecular weight excluding hydrogens is 487 g/mol. The van der Waals surface area contributed by atoms with Gasteiger partial charge in [-0.25, -0.2) is 4.39 Å². The number of hydrogen-bond acceptors (Lipinski definition) is 7. The van der Waals surface area contributed by atoms with Crippen molar-refractivity contribution in [1.29, 1.82) is 0 Å². The van der Waals surface area contributed by atoms with Crippen molar-refractivity contribution in [2.75, 3.05) is 0 Å². The monoisotopic (exact) mass is 506 g/mol. The van der Waals surface area contributed by atoms with Crippen molar-refractivity contribution >= 4 is 11.6 Å². The molecule has 5 aromatic rings. The summed E-state index contributed by atoms with van der Waals surface area (Å²) in [5.74, 6) is -0.136. The predicted octanol–water partition coefficient (Wildman–Crippen LogP) is 3.14. The van der Waals surface area contributed by atoms with Crippen LogP contribution in [-0.2, 0) is 7.05 Å². The second kappa shape index (κ2) is 8.79. The Morgan fingerprint density at radius 1 is 1.17 bits per heavy atom. The third kappa shape index (κ3) is 4.09. The van der Waals surface area contributed by atoms with Crippen LogP contribution in [0.2, 0.25) is 5.02 Å². The predicted molar refractivity (Wildman–Crippen MR) is 126 cm³/mol. The van der Waals surface area contributed by atoms with Crippen molar-refractivity contribution in [3.05, 3.63) is 77.1 Å². The van der Waals surface area contributed by atoms with Gasteiger partial charge in [0.25, 0.3) is 0 Å². The number of tetrazole rings is 1. The summed E-state index contributed by atoms with van der Waals surface area (Å²) in [5, 5.41) is 37.4. The highest BCUT2D eigenvalue weighted by Gasteiger charge is 2.32. The highest BCUT2D eigenvalue weighted by Crippen LogP contribution is 2.39. The fraction of sp³-hybridized carbons (Fsp3) is 0.261. The lowest BCUT2D eigenvalue weighted by molar-refractivity contribution is -0.615. The van der Waals surface area contributed by atoms with Crippen LogP contribution in [0.5, 0.6) is 0 Å². The van der Waals surface area contributed by atoms with Crippen LogP contribution in [-0.4, -0.2) is 45.0 Å². The van der Waals surface area contributed by atoms with Crippen LogP contribution >= 0.6 is 11.6 Å². The van der Waals surface area contributed by atoms with Crippen LogP contribution in [0.25, 0.3) is 28.1 Å². The molecule has 1 atom stereocenters. The van der Waals surface area contributed by atoms with Gasteiger partial charge in [-0.15, -0.1) is 5.10 Å². The molecule has 13 heteroatoms. The summed E-state index contributed by atoms with van der Waals surface area (Å²) in [5.41, 5.74) is 2.87. The summed E-state index contributed by atoms with van der Waals surface area (Å²) in [6.07, 6.45) is 11.0. The summed E-state index contributed by atoms with van der Waals surface area (Å²) < 4.78 is 19.1. The molecule has 4 heterocycles. The van der Waals surface area contributed by atoms with Crippen molar-refractivity contribution in [3.63, 3.8) is 0 Å². The molecule has 0 unspecified atom stereocenters. The van der Waals surface area contributed by atoms with Gasteiger partial charge in [0.05, 0.1) is 34.2 Å². The molecule has 0 spiro atoms. The first-order valence-electron chi connectivity index (χ1n) is 11.3. The average Bonchev–Trinajstić information content (AvgIpc) is 3.26. The summed E-state index contributed by atoms with van der Waals surface area (Å²) >= 11 is 6.07. The van der Waals surface area contributed by atoms with E-state index >= 15 is 4.39 Å². The minimum absolute atomic E-state index is 0.0666. The Kier molecular flexibility index (Phi) is 5.44. The molecule has 0 N–H and O–H groups in total. The number of rotatable bonds is 7. The molecule has 1 aliphatic carbocycles. The molecule has 1 aromatic carbocycles. The molecular formula is C23H20ClFN10O. The summed E-state index contributed by atoms with van der Waals surface area (Å²) in [4.78, 5) is 1.48. The molecule has 0 bridgehead atoms. The van der Waals surface area contributed by atoms with Gasteiger partial charge in [-0.1, -0.05) is 24.4 Å². The molecule has 0 aliphatic heterocycles. The van der Waals surface area contributed by atoms with E-state index in [2.05, 4.69) is 30.8 Å². The summed E-state index contributed by atoms with van der Waals surface area (Å²) in [6.45, 7) is 0. The van der Waals surface area contributed by atoms with Crippen LogP contribution in [0.15, 0.2) is 55.4 Å². The Hall–Kier alpha value is -4.19. The van der Waals surface area contributed by atoms with Crippen LogP contribution in [0.4, 0.5) is 4.39 Å². The van der Waals surface area contributed by atoms with Gasteiger partial charge in [0.2, 0.25) is 5.69 Å². The lowest BCUT2D eigenvalue weighted by Gasteiger charge is -2.18. The largest absolute Gasteiger partial charge is 0.618 e. The second-order valence-electron chi connectivity index (χ2n) is 8.80. The van der Waals surface area contributed by atoms with Gasteiger partial charge >= 0.3 is 0 Å². The zero-order valence-corrected chi connectivity index (χ0v) is 19.9. The number of pyridine rings is 1. The number of nitrogens with zero attached hydrogens (tertiary/aromatic N) is 10. The zero-order chi connectivity index (χ0) is 24.8. The molecule has 1 fully saturated rings. The van der Waals surface area contributed by atoms with E-state index < -0.39 is 5.82 Å². The smallest absolute Gasteiger partial charge is 0.217 e. The van der Waals surface area contributed by atoms with Gasteiger partial charge in [-0.3, -0.25) is 4.68 Å². The van der Waals surface area contributed by atoms with E-state index in [-0.39, 0.29) is 16.6 Å². The normalized spacial score (nSPS) is 14.3. The van der Waals surface area contributed by atoms with Crippen LogP contribution in [0, 0.1) is 16.9 Å². The molecule has 182 valence electrons. The van der Waals surface area contributed by atoms with Crippen LogP contribution < -0.4 is 4.73 Å². The maximum atomic E-state index is 15.2. The number of halogens is 2. The Balaban J connectivity index is 1.40. The standard InChI is InChI=1S/C23H20ClFN10O/c1-32-27-10-18(29-32)16-9-28-33(11-16)21(8-14-2-3-14)19-6-4-15(12-35(19)36)22-20(34-13-26-30-31-34)7-5-17(24)23(22)25/h4-7,9-14,21H,2-3,8H2,1H3/t21-/m0/s1. The van der Waals surface area contributed by atoms with E-state index in [1.807, 2.05) is 6.20 Å². The molecule has 11 nitrogen and oxygen atoms in total. The topological polar surface area (TPSA) is 119 Å². The van der Waals surface area contributed by atoms with Crippen LogP contribution in [0.3, 0.4) is 0 Å². The first kappa shape index (κ1) is 22.3. The number of aromatic nitrogens is 10. The van der Waals surface area contributed by atoms with Crippen molar-refractivity contribution < 1.29 is 9.12 Å². The van der Waals surface area contributed by atoms with Gasteiger partial charge in [0.1, 0.15) is 18.1 Å². The van der Waals surface area contributed by atoms with E-state index in [1.54, 1.807) is 42.3 Å². The fourth-order valence-electron chi connectivity index (χ4n) is 4.33. The van der Waals surface area contributed by atoms with Gasteiger partial charge in [-0.05, 0) is 41.0 Å². The molecule has 0 radical (unpaired) electrons. The molecule has 1 aliphatic rings. The molecule has 0 amide bonds. The van der Waals surface area contributed by atoms with Crippen molar-refractivity contribution in [2.24, 2.45) is 13.0 Å². The molecule has 36 heavy (non-hydrogen) atoms. The van der Waals surface area contributed by atoms with E-state index in [4.69, 9.17) is 11.6 Å². The molecule has 6 rings (SSSR count). The first-order chi connectivity index (χ1) is 17.5. The van der Waals surface area contributed by atoms with E-state index in [0.29, 0.717) is 28.6 Å². The Morgan fingerprint density at radius 3 is 2.72 bits per heavy atom. The number of benzene rings is 1. The van der Waals surface area contributed by atoms with Gasteiger partial charge in [0.15, 0.2) is 12.0 Å². The Morgan fingerprint density at radius 2 is 2.03 bits per heavy atom. The molecule has 0 saturated heterocycles. The zero-order valence-electron chi connectivity index (χ0n) is 19.1. The Labute approximate surface area is 209 Å². The third-order valence-electron chi connectivity index (χ3n) is 6.31. The minimum Gasteiger partial charge on any atom is -0.618 e. The van der Waals surface area contributed by atoms with E-state index in [9.17, 15) is 5.21 Å². The van der Waals surface area contributed by atoms with Crippen LogP contribution in [0.1, 0.15) is 31.0 Å². The lowest BCUT2D eigenvalue weighted by Crippen LogP contribution is -2.35. The minimum atomic E-state index is -0.660. The van der Waals surface area contributed by atoms with Gasteiger partial charge < -0.3 is 5.21 Å². The highest BCUT2D eigenvalue weighted by atomic mass is 35.5. The molecule has 1 saturated carbocycles. The Bertz CT molecular complexity index is 1540. The second-order valence-corrected chi connectivity index (χ2v) is 9.21. The first-order valence-corrected chi connectivity index (χ1v) is 11.7. The SMILES string of the molecule is Cn1ncc(-c2cnn([C@@H](CC3CC3)c3ccc(-c4c(-n5cnnn5)ccc(Cl)c4F)c[n+]3[O-])c2)n1. The summed E-state index contributed by atoms with van der Waals surface area (Å²) in [6, 6.07) is 6.16. The summed E-state index contributed by atoms with van der Waals surface area (Å²) in [7, 11) is 1.75. The van der Waals surface area contributed by atoms with E-state index in [0.717, 1.165) is 29.6 Å². The average molecular weight is 507 g/mol. The van der Waals surface area contributed by atoms with E-state index in [1.165, 1.54) is 28.1 Å². The highest BCUT2D eigenvalue weighted by molar-refractivity contribution is 6.31. The van der Waals surface area contributed by atoms with Gasteiger partial charge in [0, 0.05) is 24.9 Å². The maximum absolute atomic E-state index is 15.2. The van der Waals surface area contributed by atoms with Crippen molar-refractivity contribution in [1.82, 2.24) is 45.0 Å². The van der Waals surface area contributed by atoms with Crippen molar-refractivity contribution in [3.8, 4) is 28.1 Å². The number of aryl methyl sites for hydroxylation is 1. The molecule has 4 aromatic heterocycles. The quantitative estimate of drug-likeness (QED) is 0.246. The van der Waals surface area contributed by atoms with Crippen molar-refractivity contribution in [2.45, 2.75) is 25.3 Å². The fourth-order valence-corrected chi connectivity index (χ4v) is 4.49. The third-order valence-corrected chi connectivity index (χ3v) is 6.60. The lowest BCUT2D eigenvalue weighted by atomic mass is 10.0. The number of hydrogen-bond donors (Lipinski definition) is 0. The maximum Gasteiger partial charge on any atom is 0.217 e.